The number of carbonyl (C=O) groups excluding carboxylic acids is 3. The number of nitrogens with zero attached hydrogens (tertiary/aromatic N) is 5. The van der Waals surface area contributed by atoms with Crippen molar-refractivity contribution < 1.29 is 28.8 Å². The standard InChI is InChI=1S/C21H20N6O7/c1-13(28)23-19-9-15(26(11-20(29)33-2)12-21(30)34-3)4-7-18(19)25-24-17-6-5-16(27(31)32)8-14(17)10-22/h4-9H,11-12H2,1-3H3,(H,23,28)/b25-24+. The van der Waals surface area contributed by atoms with E-state index in [2.05, 4.69) is 25.0 Å². The zero-order chi connectivity index (χ0) is 25.3. The molecule has 0 aliphatic rings. The Labute approximate surface area is 193 Å². The Morgan fingerprint density at radius 2 is 1.65 bits per heavy atom. The zero-order valence-corrected chi connectivity index (χ0v) is 18.5. The molecule has 0 aliphatic carbocycles. The molecule has 13 heteroatoms. The van der Waals surface area contributed by atoms with Crippen LogP contribution in [0.4, 0.5) is 28.4 Å². The molecule has 0 heterocycles. The first-order valence-electron chi connectivity index (χ1n) is 9.59. The molecular formula is C21H20N6O7. The molecule has 1 N–H and O–H groups in total. The molecule has 0 aromatic heterocycles. The van der Waals surface area contributed by atoms with E-state index in [0.717, 1.165) is 6.07 Å². The first kappa shape index (κ1) is 25.4. The van der Waals surface area contributed by atoms with E-state index >= 15 is 0 Å². The van der Waals surface area contributed by atoms with Gasteiger partial charge in [0.05, 0.1) is 30.4 Å². The van der Waals surface area contributed by atoms with Crippen LogP contribution in [0.2, 0.25) is 0 Å². The minimum atomic E-state index is -0.635. The summed E-state index contributed by atoms with van der Waals surface area (Å²) in [6.45, 7) is 0.749. The Balaban J connectivity index is 2.46. The summed E-state index contributed by atoms with van der Waals surface area (Å²) >= 11 is 0. The molecule has 0 radical (unpaired) electrons. The zero-order valence-electron chi connectivity index (χ0n) is 18.5. The normalized spacial score (nSPS) is 10.3. The molecule has 2 aromatic rings. The second kappa shape index (κ2) is 11.7. The maximum Gasteiger partial charge on any atom is 0.325 e. The summed E-state index contributed by atoms with van der Waals surface area (Å²) in [4.78, 5) is 47.0. The van der Waals surface area contributed by atoms with E-state index < -0.39 is 22.8 Å². The fraction of sp³-hybridized carbons (Fsp3) is 0.238. The third-order valence-corrected chi connectivity index (χ3v) is 4.33. The molecule has 1 amide bonds. The number of carbonyl (C=O) groups is 3. The molecule has 0 bridgehead atoms. The van der Waals surface area contributed by atoms with Crippen molar-refractivity contribution in [2.24, 2.45) is 10.2 Å². The highest BCUT2D eigenvalue weighted by molar-refractivity contribution is 5.93. The summed E-state index contributed by atoms with van der Waals surface area (Å²) in [6, 6.07) is 9.84. The molecule has 0 saturated heterocycles. The lowest BCUT2D eigenvalue weighted by Crippen LogP contribution is -2.35. The quantitative estimate of drug-likeness (QED) is 0.251. The Morgan fingerprint density at radius 3 is 2.18 bits per heavy atom. The Kier molecular flexibility index (Phi) is 8.72. The van der Waals surface area contributed by atoms with E-state index in [4.69, 9.17) is 0 Å². The van der Waals surface area contributed by atoms with Crippen molar-refractivity contribution >= 4 is 46.3 Å². The van der Waals surface area contributed by atoms with Gasteiger partial charge in [0.2, 0.25) is 5.91 Å². The number of hydrogen-bond acceptors (Lipinski definition) is 11. The van der Waals surface area contributed by atoms with Gasteiger partial charge in [0, 0.05) is 24.7 Å². The number of benzene rings is 2. The minimum Gasteiger partial charge on any atom is -0.468 e. The van der Waals surface area contributed by atoms with Crippen LogP contribution >= 0.6 is 0 Å². The summed E-state index contributed by atoms with van der Waals surface area (Å²) < 4.78 is 9.33. The van der Waals surface area contributed by atoms with Crippen molar-refractivity contribution in [2.75, 3.05) is 37.5 Å². The van der Waals surface area contributed by atoms with Crippen molar-refractivity contribution in [3.05, 3.63) is 52.1 Å². The van der Waals surface area contributed by atoms with Crippen LogP contribution in [0, 0.1) is 21.4 Å². The van der Waals surface area contributed by atoms with Crippen LogP contribution in [-0.4, -0.2) is 50.1 Å². The highest BCUT2D eigenvalue weighted by Crippen LogP contribution is 2.33. The molecule has 0 fully saturated rings. The van der Waals surface area contributed by atoms with Gasteiger partial charge < -0.3 is 19.7 Å². The molecule has 0 aliphatic heterocycles. The smallest absolute Gasteiger partial charge is 0.325 e. The number of nitrogens with one attached hydrogen (secondary N) is 1. The highest BCUT2D eigenvalue weighted by Gasteiger charge is 2.18. The van der Waals surface area contributed by atoms with Gasteiger partial charge >= 0.3 is 11.9 Å². The van der Waals surface area contributed by atoms with E-state index in [9.17, 15) is 29.8 Å². The van der Waals surface area contributed by atoms with Gasteiger partial charge in [0.15, 0.2) is 0 Å². The minimum absolute atomic E-state index is 0.0574. The van der Waals surface area contributed by atoms with Crippen LogP contribution < -0.4 is 10.2 Å². The number of ether oxygens (including phenoxy) is 2. The first-order valence-corrected chi connectivity index (χ1v) is 9.59. The molecule has 13 nitrogen and oxygen atoms in total. The van der Waals surface area contributed by atoms with Crippen LogP contribution in [0.3, 0.4) is 0 Å². The van der Waals surface area contributed by atoms with Crippen LogP contribution in [-0.2, 0) is 23.9 Å². The number of nitro groups is 1. The molecular weight excluding hydrogens is 448 g/mol. The molecule has 0 unspecified atom stereocenters. The average molecular weight is 468 g/mol. The van der Waals surface area contributed by atoms with E-state index in [-0.39, 0.29) is 41.4 Å². The number of rotatable bonds is 9. The SMILES string of the molecule is COC(=O)CN(CC(=O)OC)c1ccc(/N=N/c2ccc([N+](=O)[O-])cc2C#N)c(NC(C)=O)c1. The Hall–Kier alpha value is -4.86. The second-order valence-corrected chi connectivity index (χ2v) is 6.66. The van der Waals surface area contributed by atoms with E-state index in [1.807, 2.05) is 6.07 Å². The van der Waals surface area contributed by atoms with Crippen molar-refractivity contribution in [2.45, 2.75) is 6.92 Å². The fourth-order valence-corrected chi connectivity index (χ4v) is 2.70. The number of anilines is 2. The third kappa shape index (κ3) is 6.82. The lowest BCUT2D eigenvalue weighted by molar-refractivity contribution is -0.384. The predicted molar refractivity (Wildman–Crippen MR) is 119 cm³/mol. The van der Waals surface area contributed by atoms with Crippen LogP contribution in [0.1, 0.15) is 12.5 Å². The number of esters is 2. The van der Waals surface area contributed by atoms with Gasteiger partial charge in [-0.15, -0.1) is 10.2 Å². The third-order valence-electron chi connectivity index (χ3n) is 4.33. The van der Waals surface area contributed by atoms with E-state index in [0.29, 0.717) is 5.69 Å². The lowest BCUT2D eigenvalue weighted by atomic mass is 10.2. The van der Waals surface area contributed by atoms with Gasteiger partial charge in [0.25, 0.3) is 5.69 Å². The number of methoxy groups -OCH3 is 2. The van der Waals surface area contributed by atoms with Crippen LogP contribution in [0.15, 0.2) is 46.6 Å². The van der Waals surface area contributed by atoms with Gasteiger partial charge in [0.1, 0.15) is 30.5 Å². The maximum absolute atomic E-state index is 11.8. The summed E-state index contributed by atoms with van der Waals surface area (Å²) in [5, 5.41) is 30.8. The Morgan fingerprint density at radius 1 is 1.06 bits per heavy atom. The number of hydrogen-bond donors (Lipinski definition) is 1. The molecule has 2 rings (SSSR count). The molecule has 0 spiro atoms. The van der Waals surface area contributed by atoms with E-state index in [1.165, 1.54) is 56.4 Å². The summed E-state index contributed by atoms with van der Waals surface area (Å²) in [5.74, 6) is -1.62. The number of nitro benzene ring substituents is 1. The van der Waals surface area contributed by atoms with Gasteiger partial charge in [-0.25, -0.2) is 0 Å². The van der Waals surface area contributed by atoms with Crippen LogP contribution in [0.25, 0.3) is 0 Å². The Bertz CT molecular complexity index is 1170. The largest absolute Gasteiger partial charge is 0.468 e. The van der Waals surface area contributed by atoms with Gasteiger partial charge in [-0.05, 0) is 24.3 Å². The monoisotopic (exact) mass is 468 g/mol. The summed E-state index contributed by atoms with van der Waals surface area (Å²) in [7, 11) is 2.41. The highest BCUT2D eigenvalue weighted by atomic mass is 16.6. The first-order chi connectivity index (χ1) is 16.2. The number of amides is 1. The molecule has 2 aromatic carbocycles. The summed E-state index contributed by atoms with van der Waals surface area (Å²) in [6.07, 6.45) is 0. The van der Waals surface area contributed by atoms with Crippen molar-refractivity contribution in [3.8, 4) is 6.07 Å². The lowest BCUT2D eigenvalue weighted by Gasteiger charge is -2.23. The molecule has 176 valence electrons. The average Bonchev–Trinajstić information content (AvgIpc) is 2.81. The fourth-order valence-electron chi connectivity index (χ4n) is 2.70. The predicted octanol–water partition coefficient (Wildman–Crippen LogP) is 2.99. The number of azo groups is 1. The van der Waals surface area contributed by atoms with Crippen molar-refractivity contribution in [3.63, 3.8) is 0 Å². The van der Waals surface area contributed by atoms with Crippen molar-refractivity contribution in [1.82, 2.24) is 0 Å². The summed E-state index contributed by atoms with van der Waals surface area (Å²) in [5.41, 5.74) is 0.537. The van der Waals surface area contributed by atoms with Gasteiger partial charge in [-0.1, -0.05) is 0 Å². The van der Waals surface area contributed by atoms with Crippen molar-refractivity contribution in [1.29, 1.82) is 5.26 Å². The number of non-ortho nitro benzene ring substituents is 1. The van der Waals surface area contributed by atoms with Gasteiger partial charge in [-0.2, -0.15) is 5.26 Å². The molecule has 34 heavy (non-hydrogen) atoms. The molecule has 0 saturated carbocycles. The second-order valence-electron chi connectivity index (χ2n) is 6.66. The molecule has 0 atom stereocenters. The number of nitriles is 1. The maximum atomic E-state index is 11.8. The topological polar surface area (TPSA) is 177 Å². The van der Waals surface area contributed by atoms with E-state index in [1.54, 1.807) is 0 Å². The van der Waals surface area contributed by atoms with Crippen LogP contribution in [0.5, 0.6) is 0 Å². The van der Waals surface area contributed by atoms with Gasteiger partial charge in [-0.3, -0.25) is 24.5 Å².